The van der Waals surface area contributed by atoms with Gasteiger partial charge in [-0.1, -0.05) is 12.1 Å². The van der Waals surface area contributed by atoms with E-state index in [1.165, 1.54) is 0 Å². The zero-order valence-electron chi connectivity index (χ0n) is 12.3. The van der Waals surface area contributed by atoms with E-state index in [2.05, 4.69) is 9.97 Å². The van der Waals surface area contributed by atoms with E-state index in [0.29, 0.717) is 0 Å². The lowest BCUT2D eigenvalue weighted by Crippen LogP contribution is -2.10. The second-order valence-corrected chi connectivity index (χ2v) is 5.12. The smallest absolute Gasteiger partial charge is 0.528 e. The topological polar surface area (TPSA) is 44.2 Å². The highest BCUT2D eigenvalue weighted by Crippen LogP contribution is 2.20. The van der Waals surface area contributed by atoms with Gasteiger partial charge < -0.3 is 9.31 Å². The molecule has 0 radical (unpaired) electrons. The summed E-state index contributed by atoms with van der Waals surface area (Å²) in [5, 5.41) is 2.17. The first-order valence-corrected chi connectivity index (χ1v) is 7.34. The predicted octanol–water partition coefficient (Wildman–Crippen LogP) is 3.51. The Hall–Kier alpha value is -3.08. The molecule has 2 aromatic heterocycles. The summed E-state index contributed by atoms with van der Waals surface area (Å²) >= 11 is 0. The summed E-state index contributed by atoms with van der Waals surface area (Å²) in [7, 11) is 0.136. The molecule has 0 bridgehead atoms. The first-order chi connectivity index (χ1) is 11.4. The van der Waals surface area contributed by atoms with Gasteiger partial charge in [0.2, 0.25) is 0 Å². The van der Waals surface area contributed by atoms with Gasteiger partial charge in [-0.25, -0.2) is 0 Å². The summed E-state index contributed by atoms with van der Waals surface area (Å²) < 4.78 is 11.3. The largest absolute Gasteiger partial charge is 0.576 e. The molecule has 5 heteroatoms. The zero-order chi connectivity index (χ0) is 15.5. The van der Waals surface area contributed by atoms with E-state index in [1.54, 1.807) is 12.4 Å². The number of hydrogen-bond acceptors (Lipinski definition) is 4. The van der Waals surface area contributed by atoms with Crippen LogP contribution in [0, 0.1) is 0 Å². The molecule has 0 spiro atoms. The Balaban J connectivity index is 1.45. The fourth-order valence-corrected chi connectivity index (χ4v) is 2.44. The number of aromatic nitrogens is 2. The molecule has 0 aliphatic rings. The molecule has 4 aromatic rings. The summed E-state index contributed by atoms with van der Waals surface area (Å²) in [5.74, 6) is 1.46. The monoisotopic (exact) mass is 300 g/mol. The second-order valence-electron chi connectivity index (χ2n) is 5.12. The van der Waals surface area contributed by atoms with Gasteiger partial charge in [-0.05, 0) is 36.4 Å². The fraction of sp³-hybridized carbons (Fsp3) is 0. The van der Waals surface area contributed by atoms with Crippen LogP contribution in [0.5, 0.6) is 11.5 Å². The van der Waals surface area contributed by atoms with Crippen molar-refractivity contribution in [2.45, 2.75) is 0 Å². The average Bonchev–Trinajstić information content (AvgIpc) is 2.61. The van der Waals surface area contributed by atoms with Crippen LogP contribution in [-0.2, 0) is 0 Å². The third kappa shape index (κ3) is 2.94. The Morgan fingerprint density at radius 3 is 1.70 bits per heavy atom. The lowest BCUT2D eigenvalue weighted by atomic mass is 10.2. The minimum atomic E-state index is 0.136. The number of fused-ring (bicyclic) bond motifs is 2. The van der Waals surface area contributed by atoms with Crippen LogP contribution in [0.2, 0.25) is 0 Å². The lowest BCUT2D eigenvalue weighted by molar-refractivity contribution is 0.459. The van der Waals surface area contributed by atoms with Gasteiger partial charge in [-0.2, -0.15) is 0 Å². The molecule has 2 heterocycles. The van der Waals surface area contributed by atoms with Crippen molar-refractivity contribution in [2.24, 2.45) is 0 Å². The predicted molar refractivity (Wildman–Crippen MR) is 91.9 cm³/mol. The van der Waals surface area contributed by atoms with E-state index in [0.717, 1.165) is 33.3 Å². The van der Waals surface area contributed by atoms with Crippen LogP contribution in [0.3, 0.4) is 0 Å². The van der Waals surface area contributed by atoms with Crippen molar-refractivity contribution in [3.63, 3.8) is 0 Å². The Kier molecular flexibility index (Phi) is 3.52. The van der Waals surface area contributed by atoms with Gasteiger partial charge in [0.25, 0.3) is 0 Å². The Bertz CT molecular complexity index is 896. The maximum Gasteiger partial charge on any atom is 0.576 e. The lowest BCUT2D eigenvalue weighted by Gasteiger charge is -2.08. The maximum atomic E-state index is 5.65. The molecule has 0 saturated heterocycles. The Morgan fingerprint density at radius 2 is 1.17 bits per heavy atom. The summed E-state index contributed by atoms with van der Waals surface area (Å²) in [4.78, 5) is 8.63. The maximum absolute atomic E-state index is 5.65. The molecule has 0 fully saturated rings. The van der Waals surface area contributed by atoms with Crippen molar-refractivity contribution in [3.05, 3.63) is 73.1 Å². The van der Waals surface area contributed by atoms with Crippen molar-refractivity contribution in [3.8, 4) is 11.5 Å². The van der Waals surface area contributed by atoms with Gasteiger partial charge in [-0.3, -0.25) is 9.97 Å². The number of pyridine rings is 2. The van der Waals surface area contributed by atoms with Crippen LogP contribution >= 0.6 is 0 Å². The molecule has 0 unspecified atom stereocenters. The van der Waals surface area contributed by atoms with Crippen LogP contribution in [0.15, 0.2) is 73.1 Å². The van der Waals surface area contributed by atoms with E-state index < -0.39 is 0 Å². The van der Waals surface area contributed by atoms with E-state index in [1.807, 2.05) is 60.7 Å². The molecule has 23 heavy (non-hydrogen) atoms. The normalized spacial score (nSPS) is 10.6. The molecule has 2 aromatic carbocycles. The Morgan fingerprint density at radius 1 is 0.652 bits per heavy atom. The summed E-state index contributed by atoms with van der Waals surface area (Å²) in [5.41, 5.74) is 1.81. The quantitative estimate of drug-likeness (QED) is 0.541. The van der Waals surface area contributed by atoms with Crippen molar-refractivity contribution in [1.82, 2.24) is 9.97 Å². The molecule has 0 aliphatic heterocycles. The molecule has 4 nitrogen and oxygen atoms in total. The van der Waals surface area contributed by atoms with Crippen LogP contribution in [0.25, 0.3) is 21.8 Å². The van der Waals surface area contributed by atoms with Gasteiger partial charge in [0, 0.05) is 35.3 Å². The summed E-state index contributed by atoms with van der Waals surface area (Å²) in [6.45, 7) is 0. The van der Waals surface area contributed by atoms with Crippen LogP contribution in [0.4, 0.5) is 0 Å². The van der Waals surface area contributed by atoms with E-state index >= 15 is 0 Å². The molecule has 0 saturated carbocycles. The van der Waals surface area contributed by atoms with Crippen molar-refractivity contribution in [2.75, 3.05) is 0 Å². The standard InChI is InChI=1S/C18H13BN2O2/c1-3-13-5-7-15(11-17(13)20-9-1)22-19-23-16-8-6-14-4-2-10-21-18(14)12-16/h1-12,19H. The minimum absolute atomic E-state index is 0.136. The number of benzene rings is 2. The highest BCUT2D eigenvalue weighted by atomic mass is 16.6. The summed E-state index contributed by atoms with van der Waals surface area (Å²) in [6, 6.07) is 19.5. The van der Waals surface area contributed by atoms with Crippen molar-refractivity contribution >= 4 is 29.5 Å². The van der Waals surface area contributed by atoms with Gasteiger partial charge in [-0.15, -0.1) is 0 Å². The second kappa shape index (κ2) is 5.97. The molecular formula is C18H13BN2O2. The summed E-state index contributed by atoms with van der Waals surface area (Å²) in [6.07, 6.45) is 3.54. The zero-order valence-corrected chi connectivity index (χ0v) is 12.3. The SMILES string of the molecule is B(Oc1ccc2cccnc2c1)Oc1ccc2cccnc2c1. The highest BCUT2D eigenvalue weighted by Gasteiger charge is 2.03. The van der Waals surface area contributed by atoms with Crippen LogP contribution in [0.1, 0.15) is 0 Å². The van der Waals surface area contributed by atoms with Gasteiger partial charge in [0.15, 0.2) is 0 Å². The molecule has 0 amide bonds. The van der Waals surface area contributed by atoms with Crippen LogP contribution < -0.4 is 9.31 Å². The molecule has 0 N–H and O–H groups in total. The molecular weight excluding hydrogens is 287 g/mol. The molecule has 0 aliphatic carbocycles. The first-order valence-electron chi connectivity index (χ1n) is 7.34. The van der Waals surface area contributed by atoms with Gasteiger partial charge in [0.1, 0.15) is 11.5 Å². The van der Waals surface area contributed by atoms with E-state index in [4.69, 9.17) is 9.31 Å². The van der Waals surface area contributed by atoms with E-state index in [-0.39, 0.29) is 7.69 Å². The number of hydrogen-bond donors (Lipinski definition) is 0. The third-order valence-electron chi connectivity index (χ3n) is 3.61. The molecule has 0 atom stereocenters. The molecule has 110 valence electrons. The van der Waals surface area contributed by atoms with Crippen LogP contribution in [-0.4, -0.2) is 17.7 Å². The highest BCUT2D eigenvalue weighted by molar-refractivity contribution is 6.20. The van der Waals surface area contributed by atoms with Gasteiger partial charge >= 0.3 is 7.69 Å². The number of nitrogens with zero attached hydrogens (tertiary/aromatic N) is 2. The van der Waals surface area contributed by atoms with Gasteiger partial charge in [0.05, 0.1) is 11.0 Å². The van der Waals surface area contributed by atoms with E-state index in [9.17, 15) is 0 Å². The Labute approximate surface area is 134 Å². The van der Waals surface area contributed by atoms with Crippen molar-refractivity contribution in [1.29, 1.82) is 0 Å². The fourth-order valence-electron chi connectivity index (χ4n) is 2.44. The first kappa shape index (κ1) is 13.6. The number of rotatable bonds is 4. The van der Waals surface area contributed by atoms with Crippen molar-refractivity contribution < 1.29 is 9.31 Å². The molecule has 4 rings (SSSR count). The third-order valence-corrected chi connectivity index (χ3v) is 3.61. The average molecular weight is 300 g/mol. The minimum Gasteiger partial charge on any atom is -0.528 e.